The number of nitrogens with one attached hydrogen (secondary N) is 1. The number of carbonyl (C=O) groups is 1. The summed E-state index contributed by atoms with van der Waals surface area (Å²) in [6.07, 6.45) is 1.19. The highest BCUT2D eigenvalue weighted by molar-refractivity contribution is 6.04. The molecule has 0 spiro atoms. The Balaban J connectivity index is 1.36. The molecule has 4 aromatic rings. The standard InChI is InChI=1S/C32H33F3N8O/c1-4-26-27(5-2)41-29-28(40-26)21(18-38-30(29)36)7-6-20-14-23(17-37-16-20)31(44)39-24-9-8-22(25(15-24)32(33,34)35)19-43-12-10-42(3)11-13-43/h8-9,14-18H,4-5,10-13,19H2,1-3H3,(H2,36,38)(H,39,44). The van der Waals surface area contributed by atoms with Crippen molar-refractivity contribution in [1.82, 2.24) is 29.7 Å². The number of carbonyl (C=O) groups excluding carboxylic acids is 1. The van der Waals surface area contributed by atoms with Crippen molar-refractivity contribution in [3.05, 3.63) is 82.1 Å². The first-order valence-corrected chi connectivity index (χ1v) is 14.4. The number of hydrogen-bond acceptors (Lipinski definition) is 8. The van der Waals surface area contributed by atoms with Gasteiger partial charge in [0.25, 0.3) is 5.91 Å². The molecule has 9 nitrogen and oxygen atoms in total. The molecule has 0 saturated carbocycles. The molecule has 5 rings (SSSR count). The van der Waals surface area contributed by atoms with E-state index in [9.17, 15) is 18.0 Å². The number of fused-ring (bicyclic) bond motifs is 1. The Morgan fingerprint density at radius 1 is 0.977 bits per heavy atom. The third-order valence-corrected chi connectivity index (χ3v) is 7.56. The number of hydrogen-bond donors (Lipinski definition) is 2. The summed E-state index contributed by atoms with van der Waals surface area (Å²) in [4.78, 5) is 34.9. The van der Waals surface area contributed by atoms with Crippen LogP contribution in [0.4, 0.5) is 24.7 Å². The molecule has 1 aromatic carbocycles. The number of halogens is 3. The smallest absolute Gasteiger partial charge is 0.382 e. The van der Waals surface area contributed by atoms with Gasteiger partial charge in [0.2, 0.25) is 0 Å². The minimum Gasteiger partial charge on any atom is -0.382 e. The van der Waals surface area contributed by atoms with Crippen LogP contribution in [0.25, 0.3) is 11.0 Å². The minimum absolute atomic E-state index is 0.0390. The zero-order valence-electron chi connectivity index (χ0n) is 24.8. The monoisotopic (exact) mass is 602 g/mol. The van der Waals surface area contributed by atoms with Crippen molar-refractivity contribution in [3.8, 4) is 11.8 Å². The molecule has 1 aliphatic rings. The van der Waals surface area contributed by atoms with Gasteiger partial charge in [0.15, 0.2) is 5.82 Å². The van der Waals surface area contributed by atoms with Crippen molar-refractivity contribution in [2.45, 2.75) is 39.4 Å². The number of nitrogens with two attached hydrogens (primary N) is 1. The zero-order chi connectivity index (χ0) is 31.4. The van der Waals surface area contributed by atoms with Gasteiger partial charge in [0.05, 0.1) is 28.1 Å². The van der Waals surface area contributed by atoms with Crippen LogP contribution >= 0.6 is 0 Å². The molecule has 3 aromatic heterocycles. The van der Waals surface area contributed by atoms with Crippen LogP contribution in [0.15, 0.2) is 42.9 Å². The lowest BCUT2D eigenvalue weighted by molar-refractivity contribution is -0.138. The fourth-order valence-electron chi connectivity index (χ4n) is 5.06. The van der Waals surface area contributed by atoms with Gasteiger partial charge in [-0.25, -0.2) is 15.0 Å². The van der Waals surface area contributed by atoms with Crippen LogP contribution in [0.3, 0.4) is 0 Å². The Hall–Kier alpha value is -4.60. The maximum atomic E-state index is 14.0. The molecule has 44 heavy (non-hydrogen) atoms. The number of amides is 1. The van der Waals surface area contributed by atoms with Crippen molar-refractivity contribution in [2.75, 3.05) is 44.3 Å². The molecule has 3 N–H and O–H groups in total. The Morgan fingerprint density at radius 2 is 1.68 bits per heavy atom. The quantitative estimate of drug-likeness (QED) is 0.309. The normalized spacial score (nSPS) is 14.3. The molecule has 12 heteroatoms. The fourth-order valence-corrected chi connectivity index (χ4v) is 5.06. The van der Waals surface area contributed by atoms with E-state index in [1.54, 1.807) is 0 Å². The third kappa shape index (κ3) is 6.96. The van der Waals surface area contributed by atoms with Gasteiger partial charge in [-0.05, 0) is 43.7 Å². The summed E-state index contributed by atoms with van der Waals surface area (Å²) in [7, 11) is 1.99. The third-order valence-electron chi connectivity index (χ3n) is 7.56. The van der Waals surface area contributed by atoms with Gasteiger partial charge in [-0.15, -0.1) is 0 Å². The number of aromatic nitrogens is 4. The molecule has 1 fully saturated rings. The van der Waals surface area contributed by atoms with E-state index in [1.165, 1.54) is 36.8 Å². The number of nitrogen functional groups attached to an aromatic ring is 1. The van der Waals surface area contributed by atoms with Gasteiger partial charge in [-0.1, -0.05) is 31.8 Å². The second kappa shape index (κ2) is 13.0. The average Bonchev–Trinajstić information content (AvgIpc) is 3.01. The largest absolute Gasteiger partial charge is 0.416 e. The number of aryl methyl sites for hydroxylation is 2. The van der Waals surface area contributed by atoms with E-state index >= 15 is 0 Å². The summed E-state index contributed by atoms with van der Waals surface area (Å²) >= 11 is 0. The average molecular weight is 603 g/mol. The molecule has 0 atom stereocenters. The Bertz CT molecular complexity index is 1750. The minimum atomic E-state index is -4.57. The number of nitrogens with zero attached hydrogens (tertiary/aromatic N) is 6. The van der Waals surface area contributed by atoms with Gasteiger partial charge < -0.3 is 16.0 Å². The van der Waals surface area contributed by atoms with E-state index in [1.807, 2.05) is 25.8 Å². The lowest BCUT2D eigenvalue weighted by atomic mass is 10.0. The second-order valence-corrected chi connectivity index (χ2v) is 10.7. The van der Waals surface area contributed by atoms with Crippen molar-refractivity contribution >= 4 is 28.4 Å². The SMILES string of the molecule is CCc1nc2c(C#Cc3cncc(C(=O)Nc4ccc(CN5CCN(C)CC5)c(C(F)(F)F)c4)c3)cnc(N)c2nc1CC. The Kier molecular flexibility index (Phi) is 9.08. The van der Waals surface area contributed by atoms with Crippen molar-refractivity contribution in [1.29, 1.82) is 0 Å². The Labute approximate surface area is 253 Å². The van der Waals surface area contributed by atoms with Gasteiger partial charge in [-0.3, -0.25) is 14.7 Å². The fraction of sp³-hybridized carbons (Fsp3) is 0.344. The molecule has 4 heterocycles. The van der Waals surface area contributed by atoms with E-state index < -0.39 is 17.6 Å². The number of alkyl halides is 3. The highest BCUT2D eigenvalue weighted by Gasteiger charge is 2.34. The molecular formula is C32H33F3N8O. The van der Waals surface area contributed by atoms with Crippen LogP contribution < -0.4 is 11.1 Å². The van der Waals surface area contributed by atoms with Gasteiger partial charge in [0, 0.05) is 62.6 Å². The number of piperazine rings is 1. The molecule has 228 valence electrons. The molecule has 1 amide bonds. The van der Waals surface area contributed by atoms with Crippen molar-refractivity contribution in [2.24, 2.45) is 0 Å². The summed E-state index contributed by atoms with van der Waals surface area (Å²) in [5.41, 5.74) is 9.33. The maximum Gasteiger partial charge on any atom is 0.416 e. The first kappa shape index (κ1) is 30.8. The molecule has 1 saturated heterocycles. The lowest BCUT2D eigenvalue weighted by Gasteiger charge is -2.33. The van der Waals surface area contributed by atoms with Crippen LogP contribution in [-0.4, -0.2) is 68.9 Å². The maximum absolute atomic E-state index is 14.0. The number of likely N-dealkylation sites (N-methyl/N-ethyl adjacent to an activating group) is 1. The molecule has 0 unspecified atom stereocenters. The molecule has 0 bridgehead atoms. The van der Waals surface area contributed by atoms with E-state index in [0.29, 0.717) is 48.1 Å². The van der Waals surface area contributed by atoms with Crippen LogP contribution in [0.2, 0.25) is 0 Å². The lowest BCUT2D eigenvalue weighted by Crippen LogP contribution is -2.44. The molecular weight excluding hydrogens is 569 g/mol. The van der Waals surface area contributed by atoms with Crippen molar-refractivity contribution in [3.63, 3.8) is 0 Å². The summed E-state index contributed by atoms with van der Waals surface area (Å²) in [6.45, 7) is 7.17. The highest BCUT2D eigenvalue weighted by Crippen LogP contribution is 2.35. The topological polar surface area (TPSA) is 113 Å². The van der Waals surface area contributed by atoms with Crippen molar-refractivity contribution < 1.29 is 18.0 Å². The van der Waals surface area contributed by atoms with E-state index in [0.717, 1.165) is 30.5 Å². The summed E-state index contributed by atoms with van der Waals surface area (Å²) in [5, 5.41) is 2.57. The Morgan fingerprint density at radius 3 is 2.36 bits per heavy atom. The second-order valence-electron chi connectivity index (χ2n) is 10.7. The number of anilines is 2. The van der Waals surface area contributed by atoms with Gasteiger partial charge >= 0.3 is 6.18 Å². The summed E-state index contributed by atoms with van der Waals surface area (Å²) in [6, 6.07) is 5.42. The van der Waals surface area contributed by atoms with Crippen LogP contribution in [0.1, 0.15) is 57.8 Å². The number of benzene rings is 1. The van der Waals surface area contributed by atoms with E-state index in [-0.39, 0.29) is 29.2 Å². The highest BCUT2D eigenvalue weighted by atomic mass is 19.4. The first-order valence-electron chi connectivity index (χ1n) is 14.4. The molecule has 1 aliphatic heterocycles. The number of pyridine rings is 2. The van der Waals surface area contributed by atoms with Crippen LogP contribution in [0, 0.1) is 11.8 Å². The summed E-state index contributed by atoms with van der Waals surface area (Å²) in [5.74, 6) is 5.66. The summed E-state index contributed by atoms with van der Waals surface area (Å²) < 4.78 is 42.0. The zero-order valence-corrected chi connectivity index (χ0v) is 24.8. The molecule has 0 radical (unpaired) electrons. The van der Waals surface area contributed by atoms with Gasteiger partial charge in [-0.2, -0.15) is 13.2 Å². The van der Waals surface area contributed by atoms with Crippen LogP contribution in [0.5, 0.6) is 0 Å². The first-order chi connectivity index (χ1) is 21.0. The molecule has 0 aliphatic carbocycles. The van der Waals surface area contributed by atoms with Gasteiger partial charge in [0.1, 0.15) is 11.0 Å². The van der Waals surface area contributed by atoms with E-state index in [4.69, 9.17) is 10.7 Å². The predicted molar refractivity (Wildman–Crippen MR) is 163 cm³/mol. The predicted octanol–water partition coefficient (Wildman–Crippen LogP) is 4.55. The number of rotatable bonds is 6. The van der Waals surface area contributed by atoms with Crippen LogP contribution in [-0.2, 0) is 25.6 Å². The van der Waals surface area contributed by atoms with E-state index in [2.05, 4.69) is 37.0 Å².